The first-order chi connectivity index (χ1) is 20.4. The van der Waals surface area contributed by atoms with Crippen molar-refractivity contribution in [2.45, 2.75) is 31.2 Å². The number of benzene rings is 1. The Hall–Kier alpha value is -2.44. The average molecular weight is 873 g/mol. The zero-order valence-electron chi connectivity index (χ0n) is 21.5. The Morgan fingerprint density at radius 2 is 1.53 bits per heavy atom. The summed E-state index contributed by atoms with van der Waals surface area (Å²) in [6.45, 7) is 0. The highest BCUT2D eigenvalue weighted by atomic mass is 79.9. The van der Waals surface area contributed by atoms with Gasteiger partial charge >= 0.3 is 24.3 Å². The van der Waals surface area contributed by atoms with Gasteiger partial charge in [-0.15, -0.1) is 23.1 Å². The summed E-state index contributed by atoms with van der Waals surface area (Å²) >= 11 is 14.8. The van der Waals surface area contributed by atoms with Crippen LogP contribution in [0, 0.1) is 5.41 Å². The van der Waals surface area contributed by atoms with Gasteiger partial charge < -0.3 is 15.9 Å². The topological polar surface area (TPSA) is 201 Å². The lowest BCUT2D eigenvalue weighted by Gasteiger charge is -2.12. The van der Waals surface area contributed by atoms with E-state index in [9.17, 15) is 39.0 Å². The number of halogens is 9. The SMILES string of the molecule is CSc1sc(C(=N)N)cc1S(=O)(=NS(=O)(=O)c1cnc(Cl)c(Br)c1)c1cccc(Br)c1.O=C(O)C(F)(F)F.O=C(O)C(F)(F)F. The largest absolute Gasteiger partial charge is 0.490 e. The van der Waals surface area contributed by atoms with Gasteiger partial charge in [-0.3, -0.25) is 5.41 Å². The fourth-order valence-electron chi connectivity index (χ4n) is 2.40. The van der Waals surface area contributed by atoms with Crippen LogP contribution in [0.15, 0.2) is 74.2 Å². The molecule has 0 aliphatic rings. The first kappa shape index (κ1) is 40.6. The quantitative estimate of drug-likeness (QED) is 0.0666. The molecule has 0 amide bonds. The lowest BCUT2D eigenvalue weighted by molar-refractivity contribution is -0.193. The number of sulfonamides is 1. The molecule has 0 bridgehead atoms. The van der Waals surface area contributed by atoms with E-state index in [1.165, 1.54) is 30.0 Å². The van der Waals surface area contributed by atoms with Crippen molar-refractivity contribution in [1.82, 2.24) is 4.98 Å². The van der Waals surface area contributed by atoms with Crippen molar-refractivity contribution in [2.24, 2.45) is 9.50 Å². The molecule has 1 unspecified atom stereocenters. The molecular formula is C21H15Br2ClF6N4O7S4. The maximum Gasteiger partial charge on any atom is 0.490 e. The van der Waals surface area contributed by atoms with Crippen LogP contribution in [0.1, 0.15) is 4.88 Å². The predicted molar refractivity (Wildman–Crippen MR) is 160 cm³/mol. The second kappa shape index (κ2) is 15.9. The van der Waals surface area contributed by atoms with Crippen LogP contribution < -0.4 is 5.73 Å². The molecule has 2 aromatic heterocycles. The molecule has 3 rings (SSSR count). The molecule has 1 atom stereocenters. The van der Waals surface area contributed by atoms with E-state index in [4.69, 9.17) is 42.5 Å². The van der Waals surface area contributed by atoms with Gasteiger partial charge in [0.1, 0.15) is 25.6 Å². The Labute approximate surface area is 280 Å². The van der Waals surface area contributed by atoms with E-state index in [1.54, 1.807) is 24.5 Å². The van der Waals surface area contributed by atoms with Gasteiger partial charge in [0.25, 0.3) is 10.0 Å². The molecule has 3 aromatic rings. The summed E-state index contributed by atoms with van der Waals surface area (Å²) in [5.74, 6) is -5.73. The van der Waals surface area contributed by atoms with E-state index < -0.39 is 44.0 Å². The number of rotatable bonds is 6. The number of nitrogens with one attached hydrogen (secondary N) is 1. The van der Waals surface area contributed by atoms with Crippen molar-refractivity contribution in [3.63, 3.8) is 0 Å². The van der Waals surface area contributed by atoms with Crippen LogP contribution in [-0.2, 0) is 29.3 Å². The first-order valence-electron chi connectivity index (χ1n) is 10.6. The van der Waals surface area contributed by atoms with Gasteiger partial charge in [0.15, 0.2) is 0 Å². The number of pyridine rings is 1. The summed E-state index contributed by atoms with van der Waals surface area (Å²) in [6.07, 6.45) is -7.36. The molecule has 11 nitrogen and oxygen atoms in total. The van der Waals surface area contributed by atoms with Crippen molar-refractivity contribution in [2.75, 3.05) is 6.26 Å². The molecule has 5 N–H and O–H groups in total. The third-order valence-electron chi connectivity index (χ3n) is 4.29. The highest BCUT2D eigenvalue weighted by Gasteiger charge is 2.39. The fourth-order valence-corrected chi connectivity index (χ4v) is 10.1. The average Bonchev–Trinajstić information content (AvgIpc) is 3.35. The lowest BCUT2D eigenvalue weighted by atomic mass is 10.4. The van der Waals surface area contributed by atoms with Gasteiger partial charge in [-0.1, -0.05) is 37.4 Å². The summed E-state index contributed by atoms with van der Waals surface area (Å²) in [4.78, 5) is 22.1. The zero-order chi connectivity index (χ0) is 35.1. The molecule has 2 heterocycles. The van der Waals surface area contributed by atoms with Gasteiger partial charge in [-0.05, 0) is 52.5 Å². The van der Waals surface area contributed by atoms with Crippen LogP contribution in [0.2, 0.25) is 5.15 Å². The molecule has 45 heavy (non-hydrogen) atoms. The van der Waals surface area contributed by atoms with E-state index in [0.717, 1.165) is 17.5 Å². The lowest BCUT2D eigenvalue weighted by Crippen LogP contribution is -2.21. The minimum atomic E-state index is -5.08. The van der Waals surface area contributed by atoms with Crippen LogP contribution >= 0.6 is 66.6 Å². The van der Waals surface area contributed by atoms with Crippen molar-refractivity contribution < 1.29 is 58.8 Å². The number of hydrogen-bond donors (Lipinski definition) is 4. The van der Waals surface area contributed by atoms with Crippen LogP contribution in [0.25, 0.3) is 0 Å². The fraction of sp³-hybridized carbons (Fsp3) is 0.143. The summed E-state index contributed by atoms with van der Waals surface area (Å²) in [7, 11) is -8.09. The van der Waals surface area contributed by atoms with Crippen molar-refractivity contribution in [3.8, 4) is 0 Å². The van der Waals surface area contributed by atoms with Gasteiger partial charge in [-0.2, -0.15) is 34.8 Å². The Morgan fingerprint density at radius 3 is 1.93 bits per heavy atom. The number of thiophene rings is 1. The highest BCUT2D eigenvalue weighted by molar-refractivity contribution is 9.10. The minimum absolute atomic E-state index is 0.0836. The number of aromatic nitrogens is 1. The molecule has 0 radical (unpaired) electrons. The van der Waals surface area contributed by atoms with Gasteiger partial charge in [0.2, 0.25) is 0 Å². The number of nitrogens with zero attached hydrogens (tertiary/aromatic N) is 2. The summed E-state index contributed by atoms with van der Waals surface area (Å²) in [5, 5.41) is 22.1. The number of nitrogen functional groups attached to an aromatic ring is 1. The molecule has 0 aliphatic carbocycles. The molecule has 0 spiro atoms. The summed E-state index contributed by atoms with van der Waals surface area (Å²) < 4.78 is 109. The van der Waals surface area contributed by atoms with E-state index in [1.807, 2.05) is 0 Å². The monoisotopic (exact) mass is 870 g/mol. The minimum Gasteiger partial charge on any atom is -0.475 e. The molecule has 1 aromatic carbocycles. The number of carboxylic acids is 2. The van der Waals surface area contributed by atoms with Crippen molar-refractivity contribution >= 4 is 104 Å². The molecular weight excluding hydrogens is 858 g/mol. The molecule has 24 heteroatoms. The smallest absolute Gasteiger partial charge is 0.475 e. The van der Waals surface area contributed by atoms with E-state index >= 15 is 0 Å². The normalized spacial score (nSPS) is 12.8. The number of amidine groups is 1. The number of carboxylic acid groups (broad SMARTS) is 2. The Morgan fingerprint density at radius 1 is 1.02 bits per heavy atom. The zero-order valence-corrected chi connectivity index (χ0v) is 28.7. The summed E-state index contributed by atoms with van der Waals surface area (Å²) in [5.41, 5.74) is 5.62. The molecule has 0 aliphatic heterocycles. The molecule has 0 saturated heterocycles. The van der Waals surface area contributed by atoms with Crippen molar-refractivity contribution in [1.29, 1.82) is 5.41 Å². The maximum atomic E-state index is 14.4. The van der Waals surface area contributed by atoms with Gasteiger partial charge in [0, 0.05) is 10.7 Å². The Balaban J connectivity index is 0.000000601. The van der Waals surface area contributed by atoms with E-state index in [0.29, 0.717) is 13.6 Å². The standard InChI is InChI=1S/C17H13Br2ClN4O3S4.2C2HF3O2/c1-28-17-14(7-13(29-17)16(21)22)30(25,10-4-2-3-9(18)5-10)24-31(26,27)11-6-12(19)15(20)23-8-11;2*3-2(4,5)1(6)7/h2-8H,1H3,(H3,21,22);2*(H,6,7). The molecule has 0 saturated carbocycles. The summed E-state index contributed by atoms with van der Waals surface area (Å²) in [6, 6.07) is 9.15. The van der Waals surface area contributed by atoms with Crippen LogP contribution in [-0.4, -0.2) is 64.2 Å². The second-order valence-corrected chi connectivity index (χ2v) is 15.7. The van der Waals surface area contributed by atoms with E-state index in [-0.39, 0.29) is 30.1 Å². The molecule has 248 valence electrons. The third kappa shape index (κ3) is 11.7. The number of alkyl halides is 6. The van der Waals surface area contributed by atoms with Crippen molar-refractivity contribution in [3.05, 3.63) is 61.6 Å². The van der Waals surface area contributed by atoms with Gasteiger partial charge in [0.05, 0.1) is 23.4 Å². The van der Waals surface area contributed by atoms with E-state index in [2.05, 4.69) is 40.6 Å². The number of thioether (sulfide) groups is 1. The Kier molecular flexibility index (Phi) is 14.3. The highest BCUT2D eigenvalue weighted by Crippen LogP contribution is 2.39. The van der Waals surface area contributed by atoms with Crippen LogP contribution in [0.3, 0.4) is 0 Å². The van der Waals surface area contributed by atoms with Crippen LogP contribution in [0.5, 0.6) is 0 Å². The van der Waals surface area contributed by atoms with Crippen LogP contribution in [0.4, 0.5) is 26.3 Å². The number of hydrogen-bond acceptors (Lipinski definition) is 9. The van der Waals surface area contributed by atoms with Gasteiger partial charge in [-0.25, -0.2) is 18.8 Å². The first-order valence-corrected chi connectivity index (χ1v) is 17.5. The second-order valence-electron chi connectivity index (χ2n) is 7.46. The number of nitrogens with two attached hydrogens (primary N) is 1. The Bertz CT molecular complexity index is 1810. The predicted octanol–water partition coefficient (Wildman–Crippen LogP) is 6.87. The number of carbonyl (C=O) groups is 2. The maximum absolute atomic E-state index is 14.4. The number of aliphatic carboxylic acids is 2. The third-order valence-corrected chi connectivity index (χ3v) is 12.7. The molecule has 0 fully saturated rings.